The van der Waals surface area contributed by atoms with Gasteiger partial charge in [-0.3, -0.25) is 4.79 Å². The molecule has 1 amide bonds. The van der Waals surface area contributed by atoms with Crippen molar-refractivity contribution in [3.8, 4) is 0 Å². The predicted octanol–water partition coefficient (Wildman–Crippen LogP) is 2.42. The zero-order chi connectivity index (χ0) is 11.7. The molecule has 0 bridgehead atoms. The van der Waals surface area contributed by atoms with E-state index in [1.54, 1.807) is 19.0 Å². The second kappa shape index (κ2) is 4.32. The Bertz CT molecular complexity index is 381. The molecule has 2 rings (SSSR count). The van der Waals surface area contributed by atoms with Crippen molar-refractivity contribution in [1.82, 2.24) is 4.90 Å². The fourth-order valence-electron chi connectivity index (χ4n) is 1.90. The van der Waals surface area contributed by atoms with Gasteiger partial charge in [0.25, 0.3) is 0 Å². The Morgan fingerprint density at radius 3 is 2.75 bits per heavy atom. The minimum atomic E-state index is 0.151. The smallest absolute Gasteiger partial charge is 0.222 e. The molecule has 0 radical (unpaired) electrons. The first kappa shape index (κ1) is 11.2. The molecule has 0 spiro atoms. The Morgan fingerprint density at radius 1 is 1.50 bits per heavy atom. The van der Waals surface area contributed by atoms with Crippen LogP contribution in [0.2, 0.25) is 0 Å². The van der Waals surface area contributed by atoms with Gasteiger partial charge in [-0.15, -0.1) is 0 Å². The van der Waals surface area contributed by atoms with Gasteiger partial charge in [0.15, 0.2) is 0 Å². The van der Waals surface area contributed by atoms with Crippen LogP contribution < -0.4 is 0 Å². The number of carbonyl (C=O) groups is 1. The molecule has 0 saturated heterocycles. The highest BCUT2D eigenvalue weighted by atomic mass is 16.3. The lowest BCUT2D eigenvalue weighted by atomic mass is 10.2. The molecule has 1 aromatic rings. The normalized spacial score (nSPS) is 23.2. The van der Waals surface area contributed by atoms with Crippen LogP contribution in [0.25, 0.3) is 0 Å². The number of hydrogen-bond donors (Lipinski definition) is 0. The number of rotatable bonds is 4. The summed E-state index contributed by atoms with van der Waals surface area (Å²) in [6.07, 6.45) is 2.47. The minimum Gasteiger partial charge on any atom is -0.466 e. The van der Waals surface area contributed by atoms with Crippen LogP contribution in [0, 0.1) is 5.92 Å². The summed E-state index contributed by atoms with van der Waals surface area (Å²) in [5.41, 5.74) is 0. The summed E-state index contributed by atoms with van der Waals surface area (Å²) in [7, 11) is 3.56. The summed E-state index contributed by atoms with van der Waals surface area (Å²) in [5.74, 6) is 3.57. The Hall–Kier alpha value is -1.25. The van der Waals surface area contributed by atoms with Crippen molar-refractivity contribution >= 4 is 5.91 Å². The van der Waals surface area contributed by atoms with Gasteiger partial charge in [-0.1, -0.05) is 6.92 Å². The summed E-state index contributed by atoms with van der Waals surface area (Å²) in [6.45, 7) is 2.24. The molecule has 16 heavy (non-hydrogen) atoms. The van der Waals surface area contributed by atoms with Crippen molar-refractivity contribution in [1.29, 1.82) is 0 Å². The first-order valence-electron chi connectivity index (χ1n) is 5.86. The number of amides is 1. The van der Waals surface area contributed by atoms with Crippen molar-refractivity contribution in [2.75, 3.05) is 14.1 Å². The molecule has 88 valence electrons. The summed E-state index contributed by atoms with van der Waals surface area (Å²) in [6, 6.07) is 4.06. The first-order valence-corrected chi connectivity index (χ1v) is 5.86. The zero-order valence-corrected chi connectivity index (χ0v) is 10.2. The zero-order valence-electron chi connectivity index (χ0n) is 10.2. The maximum atomic E-state index is 11.4. The van der Waals surface area contributed by atoms with E-state index < -0.39 is 0 Å². The van der Waals surface area contributed by atoms with E-state index in [2.05, 4.69) is 13.0 Å². The van der Waals surface area contributed by atoms with Gasteiger partial charge < -0.3 is 9.32 Å². The van der Waals surface area contributed by atoms with Crippen LogP contribution in [-0.2, 0) is 11.2 Å². The second-order valence-corrected chi connectivity index (χ2v) is 4.91. The average molecular weight is 221 g/mol. The van der Waals surface area contributed by atoms with Gasteiger partial charge in [-0.05, 0) is 24.5 Å². The topological polar surface area (TPSA) is 33.5 Å². The van der Waals surface area contributed by atoms with Crippen LogP contribution in [0.15, 0.2) is 16.5 Å². The maximum absolute atomic E-state index is 11.4. The van der Waals surface area contributed by atoms with Gasteiger partial charge in [0.2, 0.25) is 5.91 Å². The number of carbonyl (C=O) groups excluding carboxylic acids is 1. The summed E-state index contributed by atoms with van der Waals surface area (Å²) in [5, 5.41) is 0. The molecular weight excluding hydrogens is 202 g/mol. The van der Waals surface area contributed by atoms with Crippen LogP contribution in [0.3, 0.4) is 0 Å². The highest BCUT2D eigenvalue weighted by Crippen LogP contribution is 2.47. The Balaban J connectivity index is 1.86. The largest absolute Gasteiger partial charge is 0.466 e. The van der Waals surface area contributed by atoms with Crippen LogP contribution in [0.1, 0.15) is 37.2 Å². The average Bonchev–Trinajstić information content (AvgIpc) is 2.80. The molecule has 1 aliphatic carbocycles. The lowest BCUT2D eigenvalue weighted by Crippen LogP contribution is -2.21. The molecule has 1 aromatic heterocycles. The quantitative estimate of drug-likeness (QED) is 0.782. The lowest BCUT2D eigenvalue weighted by Gasteiger charge is -2.08. The summed E-state index contributed by atoms with van der Waals surface area (Å²) < 4.78 is 5.74. The fourth-order valence-corrected chi connectivity index (χ4v) is 1.90. The third kappa shape index (κ3) is 2.46. The van der Waals surface area contributed by atoms with Crippen molar-refractivity contribution in [2.24, 2.45) is 5.92 Å². The van der Waals surface area contributed by atoms with E-state index >= 15 is 0 Å². The maximum Gasteiger partial charge on any atom is 0.222 e. The van der Waals surface area contributed by atoms with Gasteiger partial charge >= 0.3 is 0 Å². The molecule has 0 aliphatic heterocycles. The summed E-state index contributed by atoms with van der Waals surface area (Å²) >= 11 is 0. The Kier molecular flexibility index (Phi) is 3.03. The van der Waals surface area contributed by atoms with Crippen molar-refractivity contribution in [3.05, 3.63) is 23.7 Å². The predicted molar refractivity (Wildman–Crippen MR) is 62.2 cm³/mol. The Morgan fingerprint density at radius 2 is 2.19 bits per heavy atom. The molecule has 1 aliphatic rings. The standard InChI is InChI=1S/C13H19NO2/c1-9-8-11(9)12-6-4-10(16-12)5-7-13(15)14(2)3/h4,6,9,11H,5,7-8H2,1-3H3/t9-,11-/m1/s1. The van der Waals surface area contributed by atoms with E-state index in [1.807, 2.05) is 6.07 Å². The number of nitrogens with zero attached hydrogens (tertiary/aromatic N) is 1. The third-order valence-corrected chi connectivity index (χ3v) is 3.24. The second-order valence-electron chi connectivity index (χ2n) is 4.91. The third-order valence-electron chi connectivity index (χ3n) is 3.24. The molecule has 1 saturated carbocycles. The van der Waals surface area contributed by atoms with Crippen molar-refractivity contribution in [3.63, 3.8) is 0 Å². The van der Waals surface area contributed by atoms with Gasteiger partial charge in [0.05, 0.1) is 0 Å². The Labute approximate surface area is 96.4 Å². The van der Waals surface area contributed by atoms with Gasteiger partial charge in [0, 0.05) is 32.9 Å². The van der Waals surface area contributed by atoms with Crippen LogP contribution in [-0.4, -0.2) is 24.9 Å². The number of furan rings is 1. The van der Waals surface area contributed by atoms with Crippen molar-refractivity contribution < 1.29 is 9.21 Å². The van der Waals surface area contributed by atoms with E-state index in [-0.39, 0.29) is 5.91 Å². The van der Waals surface area contributed by atoms with E-state index in [0.717, 1.165) is 17.4 Å². The first-order chi connectivity index (χ1) is 7.58. The van der Waals surface area contributed by atoms with Crippen LogP contribution in [0.4, 0.5) is 0 Å². The molecule has 0 unspecified atom stereocenters. The van der Waals surface area contributed by atoms with E-state index in [4.69, 9.17) is 4.42 Å². The molecule has 1 fully saturated rings. The number of aryl methyl sites for hydroxylation is 1. The highest BCUT2D eigenvalue weighted by molar-refractivity contribution is 5.75. The van der Waals surface area contributed by atoms with E-state index in [1.165, 1.54) is 6.42 Å². The van der Waals surface area contributed by atoms with Gasteiger partial charge in [0.1, 0.15) is 11.5 Å². The highest BCUT2D eigenvalue weighted by Gasteiger charge is 2.36. The lowest BCUT2D eigenvalue weighted by molar-refractivity contribution is -0.128. The van der Waals surface area contributed by atoms with Gasteiger partial charge in [-0.2, -0.15) is 0 Å². The molecular formula is C13H19NO2. The van der Waals surface area contributed by atoms with E-state index in [9.17, 15) is 4.79 Å². The molecule has 0 N–H and O–H groups in total. The molecule has 1 heterocycles. The number of hydrogen-bond acceptors (Lipinski definition) is 2. The molecule has 2 atom stereocenters. The summed E-state index contributed by atoms with van der Waals surface area (Å²) in [4.78, 5) is 13.0. The molecule has 0 aromatic carbocycles. The molecule has 3 nitrogen and oxygen atoms in total. The minimum absolute atomic E-state index is 0.151. The van der Waals surface area contributed by atoms with Crippen molar-refractivity contribution in [2.45, 2.75) is 32.1 Å². The van der Waals surface area contributed by atoms with Crippen LogP contribution >= 0.6 is 0 Å². The SMILES string of the molecule is C[C@@H]1C[C@H]1c1ccc(CCC(=O)N(C)C)o1. The fraction of sp³-hybridized carbons (Fsp3) is 0.615. The monoisotopic (exact) mass is 221 g/mol. The van der Waals surface area contributed by atoms with Gasteiger partial charge in [-0.25, -0.2) is 0 Å². The van der Waals surface area contributed by atoms with Crippen LogP contribution in [0.5, 0.6) is 0 Å². The molecule has 3 heteroatoms. The van der Waals surface area contributed by atoms with E-state index in [0.29, 0.717) is 18.8 Å².